The lowest BCUT2D eigenvalue weighted by molar-refractivity contribution is 0.281. The van der Waals surface area contributed by atoms with E-state index in [9.17, 15) is 0 Å². The van der Waals surface area contributed by atoms with Crippen LogP contribution in [0.5, 0.6) is 0 Å². The molecule has 0 fully saturated rings. The maximum Gasteiger partial charge on any atom is 0.225 e. The van der Waals surface area contributed by atoms with E-state index in [2.05, 4.69) is 40.5 Å². The molecule has 0 aliphatic rings. The first kappa shape index (κ1) is 15.9. The van der Waals surface area contributed by atoms with Gasteiger partial charge in [-0.25, -0.2) is 9.97 Å². The minimum absolute atomic E-state index is 0.00559. The van der Waals surface area contributed by atoms with Crippen molar-refractivity contribution in [3.63, 3.8) is 0 Å². The van der Waals surface area contributed by atoms with E-state index in [4.69, 9.17) is 5.11 Å². The number of aromatic nitrogens is 2. The Hall–Kier alpha value is -1.20. The largest absolute Gasteiger partial charge is 0.392 e. The lowest BCUT2D eigenvalue weighted by atomic mass is 10.3. The molecule has 1 aromatic rings. The van der Waals surface area contributed by atoms with Crippen LogP contribution in [0.1, 0.15) is 32.8 Å². The van der Waals surface area contributed by atoms with Gasteiger partial charge in [0.05, 0.1) is 6.61 Å². The summed E-state index contributed by atoms with van der Waals surface area (Å²) in [6.07, 6.45) is 4.49. The van der Waals surface area contributed by atoms with Crippen LogP contribution in [0.2, 0.25) is 0 Å². The number of hydrogen-bond acceptors (Lipinski definition) is 5. The molecule has 0 bridgehead atoms. The molecule has 1 aromatic heterocycles. The van der Waals surface area contributed by atoms with Crippen molar-refractivity contribution in [2.24, 2.45) is 0 Å². The molecule has 1 rings (SSSR count). The van der Waals surface area contributed by atoms with Crippen LogP contribution in [-0.4, -0.2) is 52.7 Å². The van der Waals surface area contributed by atoms with Crippen molar-refractivity contribution >= 4 is 5.95 Å². The van der Waals surface area contributed by atoms with E-state index < -0.39 is 0 Å². The Kier molecular flexibility index (Phi) is 7.36. The second-order valence-corrected chi connectivity index (χ2v) is 4.51. The maximum absolute atomic E-state index is 8.98. The zero-order valence-corrected chi connectivity index (χ0v) is 12.3. The first-order valence-corrected chi connectivity index (χ1v) is 7.14. The summed E-state index contributed by atoms with van der Waals surface area (Å²) in [7, 11) is 0. The third kappa shape index (κ3) is 5.12. The fraction of sp³-hybridized carbons (Fsp3) is 0.714. The van der Waals surface area contributed by atoms with E-state index in [1.165, 1.54) is 0 Å². The fourth-order valence-electron chi connectivity index (χ4n) is 2.02. The summed E-state index contributed by atoms with van der Waals surface area (Å²) in [5, 5.41) is 8.98. The molecule has 0 amide bonds. The minimum atomic E-state index is -0.00559. The van der Waals surface area contributed by atoms with Crippen LogP contribution in [0.4, 0.5) is 5.95 Å². The topological polar surface area (TPSA) is 52.5 Å². The first-order valence-electron chi connectivity index (χ1n) is 7.14. The van der Waals surface area contributed by atoms with Crippen molar-refractivity contribution in [2.75, 3.05) is 37.6 Å². The van der Waals surface area contributed by atoms with Crippen LogP contribution in [0, 0.1) is 0 Å². The van der Waals surface area contributed by atoms with E-state index in [0.717, 1.165) is 50.7 Å². The van der Waals surface area contributed by atoms with Gasteiger partial charge in [-0.1, -0.05) is 13.8 Å². The number of rotatable bonds is 9. The van der Waals surface area contributed by atoms with Crippen molar-refractivity contribution in [1.29, 1.82) is 0 Å². The number of hydrogen-bond donors (Lipinski definition) is 1. The summed E-state index contributed by atoms with van der Waals surface area (Å²) in [4.78, 5) is 13.2. The highest BCUT2D eigenvalue weighted by Crippen LogP contribution is 2.08. The molecule has 0 aliphatic heterocycles. The van der Waals surface area contributed by atoms with E-state index >= 15 is 0 Å². The van der Waals surface area contributed by atoms with Gasteiger partial charge in [-0.3, -0.25) is 0 Å². The molecule has 1 heterocycles. The molecule has 0 atom stereocenters. The molecule has 0 saturated carbocycles. The summed E-state index contributed by atoms with van der Waals surface area (Å²) in [5.41, 5.74) is 0.753. The summed E-state index contributed by atoms with van der Waals surface area (Å²) < 4.78 is 0. The van der Waals surface area contributed by atoms with E-state index in [1.54, 1.807) is 12.4 Å². The smallest absolute Gasteiger partial charge is 0.225 e. The van der Waals surface area contributed by atoms with Crippen LogP contribution in [-0.2, 0) is 6.61 Å². The third-order valence-corrected chi connectivity index (χ3v) is 3.34. The average Bonchev–Trinajstić information content (AvgIpc) is 2.48. The maximum atomic E-state index is 8.98. The Bertz CT molecular complexity index is 338. The first-order chi connectivity index (χ1) is 9.24. The second-order valence-electron chi connectivity index (χ2n) is 4.51. The molecular formula is C14H26N4O. The van der Waals surface area contributed by atoms with Gasteiger partial charge in [0.25, 0.3) is 0 Å². The average molecular weight is 266 g/mol. The normalized spacial score (nSPS) is 11.0. The summed E-state index contributed by atoms with van der Waals surface area (Å²) in [5.74, 6) is 0.749. The van der Waals surface area contributed by atoms with Gasteiger partial charge < -0.3 is 14.9 Å². The Morgan fingerprint density at radius 3 is 2.11 bits per heavy atom. The molecule has 19 heavy (non-hydrogen) atoms. The van der Waals surface area contributed by atoms with Gasteiger partial charge in [-0.05, 0) is 33.0 Å². The van der Waals surface area contributed by atoms with Crippen LogP contribution in [0.3, 0.4) is 0 Å². The molecule has 1 N–H and O–H groups in total. The molecule has 5 nitrogen and oxygen atoms in total. The van der Waals surface area contributed by atoms with E-state index in [0.29, 0.717) is 0 Å². The molecule has 0 aliphatic carbocycles. The number of aliphatic hydroxyl groups is 1. The molecule has 0 aromatic carbocycles. The molecule has 0 unspecified atom stereocenters. The van der Waals surface area contributed by atoms with Gasteiger partial charge in [0.1, 0.15) is 0 Å². The van der Waals surface area contributed by atoms with Gasteiger partial charge in [-0.15, -0.1) is 0 Å². The summed E-state index contributed by atoms with van der Waals surface area (Å²) in [6.45, 7) is 11.7. The zero-order valence-electron chi connectivity index (χ0n) is 12.3. The van der Waals surface area contributed by atoms with Crippen molar-refractivity contribution in [1.82, 2.24) is 14.9 Å². The second kappa shape index (κ2) is 8.82. The van der Waals surface area contributed by atoms with Crippen molar-refractivity contribution < 1.29 is 5.11 Å². The van der Waals surface area contributed by atoms with E-state index in [-0.39, 0.29) is 6.61 Å². The van der Waals surface area contributed by atoms with Gasteiger partial charge in [-0.2, -0.15) is 0 Å². The van der Waals surface area contributed by atoms with Crippen molar-refractivity contribution in [3.8, 4) is 0 Å². The highest BCUT2D eigenvalue weighted by Gasteiger charge is 2.08. The van der Waals surface area contributed by atoms with Crippen LogP contribution >= 0.6 is 0 Å². The Morgan fingerprint density at radius 2 is 1.63 bits per heavy atom. The predicted molar refractivity (Wildman–Crippen MR) is 78.2 cm³/mol. The highest BCUT2D eigenvalue weighted by atomic mass is 16.3. The number of nitrogens with zero attached hydrogens (tertiary/aromatic N) is 4. The lowest BCUT2D eigenvalue weighted by Gasteiger charge is -2.23. The Labute approximate surface area is 116 Å². The monoisotopic (exact) mass is 266 g/mol. The Balaban J connectivity index is 2.48. The predicted octanol–water partition coefficient (Wildman–Crippen LogP) is 1.53. The van der Waals surface area contributed by atoms with Crippen LogP contribution < -0.4 is 4.90 Å². The van der Waals surface area contributed by atoms with Crippen LogP contribution in [0.15, 0.2) is 12.4 Å². The highest BCUT2D eigenvalue weighted by molar-refractivity contribution is 5.29. The molecule has 5 heteroatoms. The number of aliphatic hydroxyl groups excluding tert-OH is 1. The Morgan fingerprint density at radius 1 is 1.00 bits per heavy atom. The molecule has 0 saturated heterocycles. The van der Waals surface area contributed by atoms with Crippen LogP contribution in [0.25, 0.3) is 0 Å². The van der Waals surface area contributed by atoms with Gasteiger partial charge >= 0.3 is 0 Å². The molecule has 0 spiro atoms. The molecular weight excluding hydrogens is 240 g/mol. The minimum Gasteiger partial charge on any atom is -0.392 e. The lowest BCUT2D eigenvalue weighted by Crippen LogP contribution is -2.30. The SMILES string of the molecule is CCN(CC)CCCN(CC)c1ncc(CO)cn1. The standard InChI is InChI=1S/C14H26N4O/c1-4-17(5-2)8-7-9-18(6-3)14-15-10-13(12-19)11-16-14/h10-11,19H,4-9,12H2,1-3H3. The third-order valence-electron chi connectivity index (χ3n) is 3.34. The van der Waals surface area contributed by atoms with Gasteiger partial charge in [0.15, 0.2) is 0 Å². The fourth-order valence-corrected chi connectivity index (χ4v) is 2.02. The quantitative estimate of drug-likeness (QED) is 0.734. The van der Waals surface area contributed by atoms with Gasteiger partial charge in [0.2, 0.25) is 5.95 Å². The van der Waals surface area contributed by atoms with Crippen molar-refractivity contribution in [2.45, 2.75) is 33.8 Å². The number of anilines is 1. The zero-order chi connectivity index (χ0) is 14.1. The molecule has 0 radical (unpaired) electrons. The van der Waals surface area contributed by atoms with E-state index in [1.807, 2.05) is 0 Å². The molecule has 108 valence electrons. The van der Waals surface area contributed by atoms with Crippen molar-refractivity contribution in [3.05, 3.63) is 18.0 Å². The van der Waals surface area contributed by atoms with Gasteiger partial charge in [0, 0.05) is 31.0 Å². The summed E-state index contributed by atoms with van der Waals surface area (Å²) >= 11 is 0. The summed E-state index contributed by atoms with van der Waals surface area (Å²) in [6, 6.07) is 0.